The lowest BCUT2D eigenvalue weighted by atomic mass is 9.81. The Morgan fingerprint density at radius 1 is 1.18 bits per heavy atom. The molecule has 1 saturated carbocycles. The van der Waals surface area contributed by atoms with Crippen molar-refractivity contribution in [1.82, 2.24) is 10.2 Å². The molecule has 2 aliphatic rings. The van der Waals surface area contributed by atoms with Crippen molar-refractivity contribution in [3.63, 3.8) is 0 Å². The number of carbonyl (C=O) groups excluding carboxylic acids is 1. The third-order valence-electron chi connectivity index (χ3n) is 5.42. The molecule has 22 heavy (non-hydrogen) atoms. The Hall–Kier alpha value is -0.280. The van der Waals surface area contributed by atoms with Crippen molar-refractivity contribution in [2.75, 3.05) is 26.7 Å². The van der Waals surface area contributed by atoms with Crippen molar-refractivity contribution in [1.29, 1.82) is 0 Å². The van der Waals surface area contributed by atoms with Gasteiger partial charge in [0.05, 0.1) is 0 Å². The second-order valence-corrected chi connectivity index (χ2v) is 7.22. The zero-order valence-corrected chi connectivity index (χ0v) is 15.3. The second kappa shape index (κ2) is 10.5. The lowest BCUT2D eigenvalue weighted by Crippen LogP contribution is -2.36. The average molecular weight is 331 g/mol. The van der Waals surface area contributed by atoms with Crippen LogP contribution in [0.1, 0.15) is 64.7 Å². The molecule has 130 valence electrons. The molecule has 2 fully saturated rings. The predicted octanol–water partition coefficient (Wildman–Crippen LogP) is 3.86. The quantitative estimate of drug-likeness (QED) is 0.768. The van der Waals surface area contributed by atoms with Gasteiger partial charge in [0.2, 0.25) is 5.91 Å². The summed E-state index contributed by atoms with van der Waals surface area (Å²) < 4.78 is 0. The minimum atomic E-state index is 0. The van der Waals surface area contributed by atoms with E-state index in [2.05, 4.69) is 17.1 Å². The molecule has 0 bridgehead atoms. The minimum Gasteiger partial charge on any atom is -0.342 e. The van der Waals surface area contributed by atoms with E-state index in [0.29, 0.717) is 17.7 Å². The lowest BCUT2D eigenvalue weighted by molar-refractivity contribution is -0.135. The molecule has 4 heteroatoms. The maximum Gasteiger partial charge on any atom is 0.225 e. The molecule has 3 nitrogen and oxygen atoms in total. The number of hydrogen-bond donors (Lipinski definition) is 1. The van der Waals surface area contributed by atoms with E-state index in [4.69, 9.17) is 0 Å². The number of nitrogens with one attached hydrogen (secondary N) is 1. The first-order chi connectivity index (χ1) is 10.2. The molecule has 1 N–H and O–H groups in total. The molecule has 0 aromatic rings. The number of amides is 1. The maximum atomic E-state index is 12.9. The van der Waals surface area contributed by atoms with Gasteiger partial charge in [-0.2, -0.15) is 0 Å². The van der Waals surface area contributed by atoms with Crippen LogP contribution in [0.2, 0.25) is 0 Å². The van der Waals surface area contributed by atoms with Gasteiger partial charge in [-0.1, -0.05) is 45.4 Å². The van der Waals surface area contributed by atoms with Crippen LogP contribution in [0.4, 0.5) is 0 Å². The molecule has 1 heterocycles. The summed E-state index contributed by atoms with van der Waals surface area (Å²) in [5.41, 5.74) is 0. The highest BCUT2D eigenvalue weighted by molar-refractivity contribution is 5.85. The first kappa shape index (κ1) is 19.8. The average Bonchev–Trinajstić information content (AvgIpc) is 2.96. The van der Waals surface area contributed by atoms with Crippen LogP contribution in [-0.2, 0) is 4.79 Å². The van der Waals surface area contributed by atoms with Crippen LogP contribution >= 0.6 is 12.4 Å². The van der Waals surface area contributed by atoms with Crippen LogP contribution in [0, 0.1) is 17.8 Å². The van der Waals surface area contributed by atoms with E-state index in [0.717, 1.165) is 44.8 Å². The normalized spacial score (nSPS) is 24.1. The second-order valence-electron chi connectivity index (χ2n) is 7.22. The van der Waals surface area contributed by atoms with Crippen molar-refractivity contribution in [3.8, 4) is 0 Å². The zero-order valence-electron chi connectivity index (χ0n) is 14.5. The lowest BCUT2D eigenvalue weighted by Gasteiger charge is -2.28. The van der Waals surface area contributed by atoms with Gasteiger partial charge in [0.15, 0.2) is 0 Å². The fraction of sp³-hybridized carbons (Fsp3) is 0.944. The van der Waals surface area contributed by atoms with E-state index >= 15 is 0 Å². The van der Waals surface area contributed by atoms with E-state index in [1.54, 1.807) is 0 Å². The van der Waals surface area contributed by atoms with Gasteiger partial charge in [0.25, 0.3) is 0 Å². The van der Waals surface area contributed by atoms with Crippen LogP contribution in [0.25, 0.3) is 0 Å². The first-order valence-corrected chi connectivity index (χ1v) is 9.18. The first-order valence-electron chi connectivity index (χ1n) is 9.18. The van der Waals surface area contributed by atoms with E-state index in [1.165, 1.54) is 38.5 Å². The molecule has 1 aliphatic heterocycles. The number of rotatable bonds is 7. The molecule has 0 aromatic heterocycles. The molecule has 2 unspecified atom stereocenters. The maximum absolute atomic E-state index is 12.9. The van der Waals surface area contributed by atoms with E-state index in [9.17, 15) is 4.79 Å². The number of carbonyl (C=O) groups is 1. The summed E-state index contributed by atoms with van der Waals surface area (Å²) >= 11 is 0. The smallest absolute Gasteiger partial charge is 0.225 e. The highest BCUT2D eigenvalue weighted by atomic mass is 35.5. The highest BCUT2D eigenvalue weighted by Gasteiger charge is 2.31. The van der Waals surface area contributed by atoms with Crippen molar-refractivity contribution in [2.45, 2.75) is 64.7 Å². The number of halogens is 1. The van der Waals surface area contributed by atoms with Gasteiger partial charge in [0, 0.05) is 19.0 Å². The van der Waals surface area contributed by atoms with E-state index in [1.807, 2.05) is 7.05 Å². The predicted molar refractivity (Wildman–Crippen MR) is 95.5 cm³/mol. The van der Waals surface area contributed by atoms with Crippen molar-refractivity contribution < 1.29 is 4.79 Å². The third kappa shape index (κ3) is 5.73. The van der Waals surface area contributed by atoms with Crippen molar-refractivity contribution in [3.05, 3.63) is 0 Å². The van der Waals surface area contributed by atoms with Gasteiger partial charge in [-0.15, -0.1) is 12.4 Å². The summed E-state index contributed by atoms with van der Waals surface area (Å²) in [6, 6.07) is 0. The van der Waals surface area contributed by atoms with Crippen molar-refractivity contribution in [2.24, 2.45) is 17.8 Å². The van der Waals surface area contributed by atoms with Crippen molar-refractivity contribution >= 4 is 18.3 Å². The van der Waals surface area contributed by atoms with Gasteiger partial charge in [-0.25, -0.2) is 0 Å². The summed E-state index contributed by atoms with van der Waals surface area (Å²) in [6.07, 6.45) is 11.4. The van der Waals surface area contributed by atoms with Gasteiger partial charge >= 0.3 is 0 Å². The van der Waals surface area contributed by atoms with E-state index < -0.39 is 0 Å². The van der Waals surface area contributed by atoms with Crippen LogP contribution in [0.3, 0.4) is 0 Å². The summed E-state index contributed by atoms with van der Waals surface area (Å²) in [5, 5.41) is 3.25. The fourth-order valence-electron chi connectivity index (χ4n) is 4.26. The van der Waals surface area contributed by atoms with Crippen LogP contribution < -0.4 is 5.32 Å². The SMILES string of the molecule is CCCC(CC1CCCCC1)C(=O)N1CCC(CNC)C1.Cl. The van der Waals surface area contributed by atoms with Gasteiger partial charge < -0.3 is 10.2 Å². The Morgan fingerprint density at radius 3 is 2.55 bits per heavy atom. The topological polar surface area (TPSA) is 32.3 Å². The summed E-state index contributed by atoms with van der Waals surface area (Å²) in [4.78, 5) is 15.0. The van der Waals surface area contributed by atoms with E-state index in [-0.39, 0.29) is 12.4 Å². The molecule has 1 aliphatic carbocycles. The monoisotopic (exact) mass is 330 g/mol. The molecule has 0 aromatic carbocycles. The van der Waals surface area contributed by atoms with Gasteiger partial charge in [-0.3, -0.25) is 4.79 Å². The van der Waals surface area contributed by atoms with Gasteiger partial charge in [0.1, 0.15) is 0 Å². The number of hydrogen-bond acceptors (Lipinski definition) is 2. The molecule has 2 atom stereocenters. The standard InChI is InChI=1S/C18H34N2O.ClH/c1-3-7-17(12-15-8-5-4-6-9-15)18(21)20-11-10-16(14-20)13-19-2;/h15-17,19H,3-14H2,1-2H3;1H. The summed E-state index contributed by atoms with van der Waals surface area (Å²) in [5.74, 6) is 2.23. The molecule has 0 radical (unpaired) electrons. The number of nitrogens with zero attached hydrogens (tertiary/aromatic N) is 1. The zero-order chi connectivity index (χ0) is 15.1. The third-order valence-corrected chi connectivity index (χ3v) is 5.42. The van der Waals surface area contributed by atoms with Gasteiger partial charge in [-0.05, 0) is 44.7 Å². The largest absolute Gasteiger partial charge is 0.342 e. The number of likely N-dealkylation sites (tertiary alicyclic amines) is 1. The summed E-state index contributed by atoms with van der Waals surface area (Å²) in [6.45, 7) is 5.22. The Bertz CT molecular complexity index is 318. The van der Waals surface area contributed by atoms with Crippen LogP contribution in [-0.4, -0.2) is 37.5 Å². The molecule has 0 spiro atoms. The fourth-order valence-corrected chi connectivity index (χ4v) is 4.26. The van der Waals surface area contributed by atoms with Crippen LogP contribution in [0.5, 0.6) is 0 Å². The molecule has 1 amide bonds. The Balaban J connectivity index is 0.00000242. The molecular formula is C18H35ClN2O. The Morgan fingerprint density at radius 2 is 1.91 bits per heavy atom. The Kier molecular flexibility index (Phi) is 9.42. The minimum absolute atomic E-state index is 0. The summed E-state index contributed by atoms with van der Waals surface area (Å²) in [7, 11) is 2.01. The molecule has 1 saturated heterocycles. The molecular weight excluding hydrogens is 296 g/mol. The Labute approximate surface area is 143 Å². The highest BCUT2D eigenvalue weighted by Crippen LogP contribution is 2.32. The van der Waals surface area contributed by atoms with Crippen LogP contribution in [0.15, 0.2) is 0 Å². The molecule has 2 rings (SSSR count).